The van der Waals surface area contributed by atoms with Crippen molar-refractivity contribution >= 4 is 17.9 Å². The molecule has 0 aliphatic heterocycles. The Morgan fingerprint density at radius 1 is 1.10 bits per heavy atom. The highest BCUT2D eigenvalue weighted by Crippen LogP contribution is 2.24. The van der Waals surface area contributed by atoms with Crippen LogP contribution in [0.1, 0.15) is 65.6 Å². The quantitative estimate of drug-likeness (QED) is 0.513. The van der Waals surface area contributed by atoms with E-state index in [-0.39, 0.29) is 12.0 Å². The summed E-state index contributed by atoms with van der Waals surface area (Å²) >= 11 is 0. The molecule has 31 heavy (non-hydrogen) atoms. The van der Waals surface area contributed by atoms with E-state index < -0.39 is 35.6 Å². The van der Waals surface area contributed by atoms with E-state index in [1.807, 2.05) is 32.9 Å². The SMILES string of the molecule is C#CN(C(=O)C(NC(=O)OC(C)(C)C)C(C)C)C(C(=O)NC(C)C)c1cccc(C)c1. The topological polar surface area (TPSA) is 87.7 Å². The molecule has 2 N–H and O–H groups in total. The van der Waals surface area contributed by atoms with Crippen molar-refractivity contribution < 1.29 is 19.1 Å². The van der Waals surface area contributed by atoms with Crippen molar-refractivity contribution in [3.8, 4) is 12.5 Å². The Kier molecular flexibility index (Phi) is 9.11. The summed E-state index contributed by atoms with van der Waals surface area (Å²) in [6.45, 7) is 14.3. The van der Waals surface area contributed by atoms with Crippen LogP contribution in [-0.4, -0.2) is 40.5 Å². The van der Waals surface area contributed by atoms with E-state index in [9.17, 15) is 14.4 Å². The Hall–Kier alpha value is -3.01. The molecule has 3 amide bonds. The maximum Gasteiger partial charge on any atom is 0.408 e. The van der Waals surface area contributed by atoms with Gasteiger partial charge in [0.1, 0.15) is 17.7 Å². The zero-order chi connectivity index (χ0) is 23.9. The van der Waals surface area contributed by atoms with Crippen LogP contribution in [0.25, 0.3) is 0 Å². The molecular weight excluding hydrogens is 394 g/mol. The molecule has 0 saturated carbocycles. The van der Waals surface area contributed by atoms with E-state index in [0.717, 1.165) is 10.5 Å². The van der Waals surface area contributed by atoms with Gasteiger partial charge < -0.3 is 15.4 Å². The number of nitrogens with one attached hydrogen (secondary N) is 2. The first kappa shape index (κ1) is 26.0. The predicted octanol–water partition coefficient (Wildman–Crippen LogP) is 3.53. The molecule has 7 heteroatoms. The number of aryl methyl sites for hydroxylation is 1. The van der Waals surface area contributed by atoms with Gasteiger partial charge in [-0.1, -0.05) is 50.1 Å². The van der Waals surface area contributed by atoms with Gasteiger partial charge in [-0.15, -0.1) is 0 Å². The summed E-state index contributed by atoms with van der Waals surface area (Å²) < 4.78 is 5.29. The van der Waals surface area contributed by atoms with E-state index in [1.54, 1.807) is 46.8 Å². The van der Waals surface area contributed by atoms with Crippen molar-refractivity contribution in [1.29, 1.82) is 0 Å². The Morgan fingerprint density at radius 2 is 1.71 bits per heavy atom. The molecule has 7 nitrogen and oxygen atoms in total. The molecular formula is C24H35N3O4. The second-order valence-corrected chi connectivity index (χ2v) is 9.19. The molecule has 1 aromatic rings. The first-order chi connectivity index (χ1) is 14.3. The number of rotatable bonds is 7. The number of carbonyl (C=O) groups is 3. The third-order valence-electron chi connectivity index (χ3n) is 4.28. The molecule has 0 heterocycles. The van der Waals surface area contributed by atoms with Gasteiger partial charge in [-0.25, -0.2) is 4.79 Å². The molecule has 0 aliphatic carbocycles. The van der Waals surface area contributed by atoms with Crippen LogP contribution in [0, 0.1) is 25.3 Å². The van der Waals surface area contributed by atoms with Gasteiger partial charge in [-0.05, 0) is 53.0 Å². The zero-order valence-corrected chi connectivity index (χ0v) is 19.8. The molecule has 0 fully saturated rings. The molecule has 0 aliphatic rings. The van der Waals surface area contributed by atoms with Crippen LogP contribution in [0.15, 0.2) is 24.3 Å². The maximum atomic E-state index is 13.4. The number of terminal acetylenes is 1. The number of nitrogens with zero attached hydrogens (tertiary/aromatic N) is 1. The van der Waals surface area contributed by atoms with Crippen LogP contribution in [0.2, 0.25) is 0 Å². The maximum absolute atomic E-state index is 13.4. The van der Waals surface area contributed by atoms with E-state index in [1.165, 1.54) is 0 Å². The number of hydrogen-bond donors (Lipinski definition) is 2. The number of benzene rings is 1. The highest BCUT2D eigenvalue weighted by atomic mass is 16.6. The first-order valence-electron chi connectivity index (χ1n) is 10.4. The summed E-state index contributed by atoms with van der Waals surface area (Å²) in [5, 5.41) is 5.44. The van der Waals surface area contributed by atoms with Crippen LogP contribution < -0.4 is 10.6 Å². The van der Waals surface area contributed by atoms with E-state index in [4.69, 9.17) is 11.2 Å². The Bertz CT molecular complexity index is 834. The van der Waals surface area contributed by atoms with Gasteiger partial charge in [0.05, 0.1) is 0 Å². The molecule has 0 bridgehead atoms. The van der Waals surface area contributed by atoms with Gasteiger partial charge in [0.25, 0.3) is 5.91 Å². The summed E-state index contributed by atoms with van der Waals surface area (Å²) in [6, 6.07) is 7.47. The van der Waals surface area contributed by atoms with Crippen LogP contribution in [0.3, 0.4) is 0 Å². The van der Waals surface area contributed by atoms with Gasteiger partial charge in [0.2, 0.25) is 5.91 Å². The average molecular weight is 430 g/mol. The largest absolute Gasteiger partial charge is 0.444 e. The van der Waals surface area contributed by atoms with E-state index >= 15 is 0 Å². The van der Waals surface area contributed by atoms with Crippen molar-refractivity contribution in [3.63, 3.8) is 0 Å². The number of carbonyl (C=O) groups excluding carboxylic acids is 3. The monoisotopic (exact) mass is 429 g/mol. The molecule has 0 spiro atoms. The molecule has 0 aromatic heterocycles. The fourth-order valence-electron chi connectivity index (χ4n) is 2.98. The number of amides is 3. The molecule has 0 radical (unpaired) electrons. The van der Waals surface area contributed by atoms with Crippen molar-refractivity contribution in [2.75, 3.05) is 0 Å². The minimum Gasteiger partial charge on any atom is -0.444 e. The number of alkyl carbamates (subject to hydrolysis) is 1. The molecule has 1 aromatic carbocycles. The van der Waals surface area contributed by atoms with Gasteiger partial charge in [0, 0.05) is 12.1 Å². The highest BCUT2D eigenvalue weighted by Gasteiger charge is 2.37. The standard InChI is InChI=1S/C24H35N3O4/c1-10-27(22(29)19(15(2)3)26-23(30)31-24(7,8)9)20(21(28)25-16(4)5)18-13-11-12-17(6)14-18/h1,11-16,19-20H,2-9H3,(H,25,28)(H,26,30). The molecule has 170 valence electrons. The lowest BCUT2D eigenvalue weighted by Crippen LogP contribution is -2.53. The molecule has 0 saturated heterocycles. The lowest BCUT2D eigenvalue weighted by molar-refractivity contribution is -0.139. The fraction of sp³-hybridized carbons (Fsp3) is 0.542. The van der Waals surface area contributed by atoms with Gasteiger partial charge in [-0.3, -0.25) is 14.5 Å². The lowest BCUT2D eigenvalue weighted by Gasteiger charge is -2.32. The summed E-state index contributed by atoms with van der Waals surface area (Å²) in [6.07, 6.45) is 4.99. The van der Waals surface area contributed by atoms with Crippen molar-refractivity contribution in [3.05, 3.63) is 35.4 Å². The predicted molar refractivity (Wildman–Crippen MR) is 121 cm³/mol. The Morgan fingerprint density at radius 3 is 2.16 bits per heavy atom. The van der Waals surface area contributed by atoms with E-state index in [0.29, 0.717) is 5.56 Å². The van der Waals surface area contributed by atoms with Crippen molar-refractivity contribution in [2.24, 2.45) is 5.92 Å². The number of ether oxygens (including phenoxy) is 1. The Balaban J connectivity index is 3.33. The Labute approximate surface area is 185 Å². The average Bonchev–Trinajstić information content (AvgIpc) is 2.61. The zero-order valence-electron chi connectivity index (χ0n) is 19.8. The third kappa shape index (κ3) is 7.97. The van der Waals surface area contributed by atoms with Crippen LogP contribution in [0.5, 0.6) is 0 Å². The minimum absolute atomic E-state index is 0.143. The van der Waals surface area contributed by atoms with Crippen molar-refractivity contribution in [2.45, 2.75) is 79.1 Å². The normalized spacial score (nSPS) is 13.2. The van der Waals surface area contributed by atoms with E-state index in [2.05, 4.69) is 16.7 Å². The van der Waals surface area contributed by atoms with Gasteiger partial charge in [0.15, 0.2) is 0 Å². The molecule has 2 atom stereocenters. The number of hydrogen-bond acceptors (Lipinski definition) is 4. The van der Waals surface area contributed by atoms with Crippen LogP contribution >= 0.6 is 0 Å². The summed E-state index contributed by atoms with van der Waals surface area (Å²) in [4.78, 5) is 39.9. The summed E-state index contributed by atoms with van der Waals surface area (Å²) in [7, 11) is 0. The second kappa shape index (κ2) is 10.9. The lowest BCUT2D eigenvalue weighted by atomic mass is 9.98. The molecule has 1 rings (SSSR count). The van der Waals surface area contributed by atoms with Crippen LogP contribution in [-0.2, 0) is 14.3 Å². The third-order valence-corrected chi connectivity index (χ3v) is 4.28. The first-order valence-corrected chi connectivity index (χ1v) is 10.4. The summed E-state index contributed by atoms with van der Waals surface area (Å²) in [5.41, 5.74) is 0.794. The fourth-order valence-corrected chi connectivity index (χ4v) is 2.98. The second-order valence-electron chi connectivity index (χ2n) is 9.19. The minimum atomic E-state index is -1.04. The highest BCUT2D eigenvalue weighted by molar-refractivity contribution is 5.93. The summed E-state index contributed by atoms with van der Waals surface area (Å²) in [5.74, 6) is -1.25. The smallest absolute Gasteiger partial charge is 0.408 e. The van der Waals surface area contributed by atoms with Gasteiger partial charge in [-0.2, -0.15) is 0 Å². The van der Waals surface area contributed by atoms with Gasteiger partial charge >= 0.3 is 6.09 Å². The van der Waals surface area contributed by atoms with Crippen molar-refractivity contribution in [1.82, 2.24) is 15.5 Å². The van der Waals surface area contributed by atoms with Crippen LogP contribution in [0.4, 0.5) is 4.79 Å². The molecule has 2 unspecified atom stereocenters.